The molecule has 136 valence electrons. The topological polar surface area (TPSA) is 74.7 Å². The number of nitrogen functional groups attached to an aromatic ring is 1. The van der Waals surface area contributed by atoms with Crippen molar-refractivity contribution in [1.82, 2.24) is 4.98 Å². The van der Waals surface area contributed by atoms with Gasteiger partial charge in [-0.2, -0.15) is 5.26 Å². The molecular formula is C22H21FN4. The third-order valence-electron chi connectivity index (χ3n) is 4.22. The van der Waals surface area contributed by atoms with Gasteiger partial charge in [-0.25, -0.2) is 9.37 Å². The van der Waals surface area contributed by atoms with E-state index in [1.54, 1.807) is 12.1 Å². The summed E-state index contributed by atoms with van der Waals surface area (Å²) in [6.07, 6.45) is 1.49. The molecule has 5 heteroatoms. The molecule has 1 aromatic heterocycles. The summed E-state index contributed by atoms with van der Waals surface area (Å²) in [5, 5.41) is 12.6. The second-order valence-corrected chi connectivity index (χ2v) is 6.57. The summed E-state index contributed by atoms with van der Waals surface area (Å²) in [7, 11) is 0. The zero-order valence-electron chi connectivity index (χ0n) is 15.2. The molecule has 0 aliphatic heterocycles. The molecule has 0 aliphatic carbocycles. The Morgan fingerprint density at radius 3 is 2.67 bits per heavy atom. The largest absolute Gasteiger partial charge is 0.384 e. The molecule has 27 heavy (non-hydrogen) atoms. The van der Waals surface area contributed by atoms with Gasteiger partial charge in [0.25, 0.3) is 0 Å². The van der Waals surface area contributed by atoms with Crippen LogP contribution in [0.5, 0.6) is 0 Å². The fraction of sp³-hybridized carbons (Fsp3) is 0.182. The van der Waals surface area contributed by atoms with E-state index in [-0.39, 0.29) is 5.82 Å². The molecule has 0 radical (unpaired) electrons. The summed E-state index contributed by atoms with van der Waals surface area (Å²) in [5.41, 5.74) is 11.1. The molecular weight excluding hydrogens is 339 g/mol. The molecule has 4 nitrogen and oxygen atoms in total. The molecule has 0 bridgehead atoms. The first-order chi connectivity index (χ1) is 13.0. The van der Waals surface area contributed by atoms with E-state index >= 15 is 0 Å². The highest BCUT2D eigenvalue weighted by Gasteiger charge is 2.05. The molecule has 1 heterocycles. The predicted molar refractivity (Wildman–Crippen MR) is 106 cm³/mol. The maximum absolute atomic E-state index is 13.3. The van der Waals surface area contributed by atoms with Crippen molar-refractivity contribution in [3.05, 3.63) is 88.4 Å². The molecule has 0 fully saturated rings. The number of nitrogens with two attached hydrogens (primary N) is 1. The van der Waals surface area contributed by atoms with Crippen LogP contribution in [0.25, 0.3) is 0 Å². The van der Waals surface area contributed by atoms with Crippen molar-refractivity contribution >= 4 is 11.5 Å². The van der Waals surface area contributed by atoms with Crippen LogP contribution in [-0.4, -0.2) is 4.98 Å². The molecule has 0 unspecified atom stereocenters. The minimum Gasteiger partial charge on any atom is -0.384 e. The fourth-order valence-corrected chi connectivity index (χ4v) is 3.02. The van der Waals surface area contributed by atoms with Gasteiger partial charge in [0, 0.05) is 17.9 Å². The van der Waals surface area contributed by atoms with Gasteiger partial charge in [-0.05, 0) is 78.9 Å². The van der Waals surface area contributed by atoms with Crippen molar-refractivity contribution in [2.24, 2.45) is 0 Å². The molecule has 0 aliphatic rings. The van der Waals surface area contributed by atoms with Crippen molar-refractivity contribution in [2.75, 3.05) is 11.1 Å². The third kappa shape index (κ3) is 5.29. The van der Waals surface area contributed by atoms with E-state index in [4.69, 9.17) is 5.73 Å². The number of nitrogens with zero attached hydrogens (tertiary/aromatic N) is 2. The minimum absolute atomic E-state index is 0.259. The molecule has 3 N–H and O–H groups in total. The second-order valence-electron chi connectivity index (χ2n) is 6.57. The number of benzene rings is 2. The van der Waals surface area contributed by atoms with Crippen molar-refractivity contribution in [3.8, 4) is 6.07 Å². The van der Waals surface area contributed by atoms with Crippen LogP contribution in [0.3, 0.4) is 0 Å². The van der Waals surface area contributed by atoms with E-state index in [2.05, 4.69) is 16.4 Å². The quantitative estimate of drug-likeness (QED) is 0.684. The van der Waals surface area contributed by atoms with Gasteiger partial charge >= 0.3 is 0 Å². The van der Waals surface area contributed by atoms with Crippen molar-refractivity contribution in [3.63, 3.8) is 0 Å². The third-order valence-corrected chi connectivity index (χ3v) is 4.22. The van der Waals surface area contributed by atoms with Crippen LogP contribution in [0.2, 0.25) is 0 Å². The number of hydrogen-bond donors (Lipinski definition) is 2. The van der Waals surface area contributed by atoms with Crippen LogP contribution in [0.15, 0.2) is 54.6 Å². The van der Waals surface area contributed by atoms with Crippen LogP contribution in [-0.2, 0) is 19.4 Å². The number of pyridine rings is 1. The molecule has 0 amide bonds. The summed E-state index contributed by atoms with van der Waals surface area (Å²) in [6, 6.07) is 18.2. The number of hydrogen-bond acceptors (Lipinski definition) is 4. The number of anilines is 2. The number of halogens is 1. The summed E-state index contributed by atoms with van der Waals surface area (Å²) in [4.78, 5) is 4.36. The smallest absolute Gasteiger partial charge is 0.123 e. The van der Waals surface area contributed by atoms with Crippen LogP contribution in [0, 0.1) is 24.1 Å². The van der Waals surface area contributed by atoms with E-state index in [9.17, 15) is 9.65 Å². The Kier molecular flexibility index (Phi) is 5.68. The van der Waals surface area contributed by atoms with E-state index in [1.165, 1.54) is 12.1 Å². The lowest BCUT2D eigenvalue weighted by molar-refractivity contribution is 0.626. The molecule has 0 saturated heterocycles. The minimum atomic E-state index is -0.259. The van der Waals surface area contributed by atoms with Crippen molar-refractivity contribution in [1.29, 1.82) is 5.26 Å². The van der Waals surface area contributed by atoms with Crippen LogP contribution >= 0.6 is 0 Å². The lowest BCUT2D eigenvalue weighted by Gasteiger charge is -2.10. The Morgan fingerprint density at radius 2 is 1.93 bits per heavy atom. The van der Waals surface area contributed by atoms with Gasteiger partial charge in [0.15, 0.2) is 0 Å². The van der Waals surface area contributed by atoms with Gasteiger partial charge in [-0.3, -0.25) is 0 Å². The Bertz CT molecular complexity index is 972. The van der Waals surface area contributed by atoms with Gasteiger partial charge in [0.1, 0.15) is 11.6 Å². The standard InChI is InChI=1S/C22H21FN4/c1-15-7-20(27-22(25)8-15)6-5-16-9-18(13-24)12-21(11-16)26-14-17-3-2-4-19(23)10-17/h2-4,7-12,26H,5-6,14H2,1H3,(H2,25,27). The Morgan fingerprint density at radius 1 is 1.07 bits per heavy atom. The normalized spacial score (nSPS) is 10.4. The van der Waals surface area contributed by atoms with Gasteiger partial charge in [-0.1, -0.05) is 12.1 Å². The predicted octanol–water partition coefficient (Wildman–Crippen LogP) is 4.38. The number of aromatic nitrogens is 1. The first kappa shape index (κ1) is 18.4. The molecule has 2 aromatic carbocycles. The van der Waals surface area contributed by atoms with E-state index in [0.717, 1.165) is 40.9 Å². The van der Waals surface area contributed by atoms with Crippen LogP contribution < -0.4 is 11.1 Å². The van der Waals surface area contributed by atoms with E-state index in [0.29, 0.717) is 17.9 Å². The molecule has 0 atom stereocenters. The average molecular weight is 360 g/mol. The highest BCUT2D eigenvalue weighted by molar-refractivity contribution is 5.52. The van der Waals surface area contributed by atoms with Gasteiger partial charge in [-0.15, -0.1) is 0 Å². The molecule has 3 rings (SSSR count). The number of rotatable bonds is 6. The average Bonchev–Trinajstić information content (AvgIpc) is 2.64. The fourth-order valence-electron chi connectivity index (χ4n) is 3.02. The lowest BCUT2D eigenvalue weighted by Crippen LogP contribution is -2.02. The monoisotopic (exact) mass is 360 g/mol. The van der Waals surface area contributed by atoms with Crippen LogP contribution in [0.1, 0.15) is 27.9 Å². The summed E-state index contributed by atoms with van der Waals surface area (Å²) < 4.78 is 13.3. The zero-order chi connectivity index (χ0) is 19.2. The SMILES string of the molecule is Cc1cc(N)nc(CCc2cc(C#N)cc(NCc3cccc(F)c3)c2)c1. The van der Waals surface area contributed by atoms with E-state index in [1.807, 2.05) is 37.3 Å². The maximum atomic E-state index is 13.3. The second kappa shape index (κ2) is 8.33. The van der Waals surface area contributed by atoms with Gasteiger partial charge in [0.2, 0.25) is 0 Å². The molecule has 0 saturated carbocycles. The number of nitriles is 1. The molecule has 0 spiro atoms. The summed E-state index contributed by atoms with van der Waals surface area (Å²) >= 11 is 0. The maximum Gasteiger partial charge on any atom is 0.123 e. The zero-order valence-corrected chi connectivity index (χ0v) is 15.2. The number of aryl methyl sites for hydroxylation is 3. The Hall–Kier alpha value is -3.39. The van der Waals surface area contributed by atoms with Crippen molar-refractivity contribution < 1.29 is 4.39 Å². The lowest BCUT2D eigenvalue weighted by atomic mass is 10.0. The van der Waals surface area contributed by atoms with Gasteiger partial charge in [0.05, 0.1) is 11.6 Å². The Labute approximate surface area is 158 Å². The highest BCUT2D eigenvalue weighted by Crippen LogP contribution is 2.18. The first-order valence-corrected chi connectivity index (χ1v) is 8.77. The highest BCUT2D eigenvalue weighted by atomic mass is 19.1. The summed E-state index contributed by atoms with van der Waals surface area (Å²) in [5.74, 6) is 0.263. The first-order valence-electron chi connectivity index (χ1n) is 8.77. The van der Waals surface area contributed by atoms with Gasteiger partial charge < -0.3 is 11.1 Å². The van der Waals surface area contributed by atoms with E-state index < -0.39 is 0 Å². The van der Waals surface area contributed by atoms with Crippen LogP contribution in [0.4, 0.5) is 15.9 Å². The number of nitrogens with one attached hydrogen (secondary N) is 1. The molecule has 3 aromatic rings. The summed E-state index contributed by atoms with van der Waals surface area (Å²) in [6.45, 7) is 2.48. The van der Waals surface area contributed by atoms with Crippen molar-refractivity contribution in [2.45, 2.75) is 26.3 Å². The Balaban J connectivity index is 1.72.